The van der Waals surface area contributed by atoms with Gasteiger partial charge in [-0.15, -0.1) is 24.0 Å². The lowest BCUT2D eigenvalue weighted by Crippen LogP contribution is -2.04. The number of nitriles is 1. The molecule has 118 valence electrons. The second-order valence-corrected chi connectivity index (χ2v) is 5.08. The molecule has 0 unspecified atom stereocenters. The SMILES string of the molecule is CCc1c(CC)c(CC)c2[nH]c(C(=O)C#N)nc2c1CC.I. The molecule has 2 aromatic rings. The number of ketones is 1. The third-order valence-electron chi connectivity index (χ3n) is 4.12. The minimum atomic E-state index is -0.605. The highest BCUT2D eigenvalue weighted by Crippen LogP contribution is 2.31. The zero-order valence-electron chi connectivity index (χ0n) is 13.5. The van der Waals surface area contributed by atoms with E-state index in [0.717, 1.165) is 36.7 Å². The lowest BCUT2D eigenvalue weighted by atomic mass is 9.89. The number of hydrogen-bond donors (Lipinski definition) is 1. The number of fused-ring (bicyclic) bond motifs is 1. The smallest absolute Gasteiger partial charge is 0.297 e. The molecule has 0 aliphatic heterocycles. The highest BCUT2D eigenvalue weighted by atomic mass is 127. The minimum absolute atomic E-state index is 0. The molecule has 22 heavy (non-hydrogen) atoms. The van der Waals surface area contributed by atoms with E-state index in [-0.39, 0.29) is 29.8 Å². The van der Waals surface area contributed by atoms with E-state index in [1.54, 1.807) is 6.07 Å². The van der Waals surface area contributed by atoms with Crippen molar-refractivity contribution in [1.29, 1.82) is 5.26 Å². The third-order valence-corrected chi connectivity index (χ3v) is 4.12. The number of aryl methyl sites for hydroxylation is 2. The molecule has 0 aliphatic carbocycles. The van der Waals surface area contributed by atoms with Gasteiger partial charge in [-0.2, -0.15) is 5.26 Å². The van der Waals surface area contributed by atoms with Crippen LogP contribution in [-0.2, 0) is 25.7 Å². The molecule has 2 rings (SSSR count). The Hall–Kier alpha value is -1.42. The maximum Gasteiger partial charge on any atom is 0.297 e. The van der Waals surface area contributed by atoms with Crippen LogP contribution >= 0.6 is 24.0 Å². The molecule has 0 saturated heterocycles. The first-order chi connectivity index (χ1) is 10.1. The molecule has 0 fully saturated rings. The summed E-state index contributed by atoms with van der Waals surface area (Å²) >= 11 is 0. The van der Waals surface area contributed by atoms with Crippen LogP contribution in [0.15, 0.2) is 0 Å². The van der Waals surface area contributed by atoms with Crippen molar-refractivity contribution in [2.24, 2.45) is 0 Å². The monoisotopic (exact) mass is 411 g/mol. The quantitative estimate of drug-likeness (QED) is 0.457. The van der Waals surface area contributed by atoms with E-state index < -0.39 is 5.78 Å². The van der Waals surface area contributed by atoms with E-state index in [2.05, 4.69) is 37.7 Å². The van der Waals surface area contributed by atoms with Crippen LogP contribution in [0.5, 0.6) is 0 Å². The highest BCUT2D eigenvalue weighted by molar-refractivity contribution is 14.0. The number of nitrogens with one attached hydrogen (secondary N) is 1. The molecule has 0 amide bonds. The number of hydrogen-bond acceptors (Lipinski definition) is 3. The number of nitrogens with zero attached hydrogens (tertiary/aromatic N) is 2. The predicted molar refractivity (Wildman–Crippen MR) is 99.0 cm³/mol. The second kappa shape index (κ2) is 7.73. The molecule has 1 aromatic heterocycles. The Balaban J connectivity index is 0.00000242. The number of halogens is 1. The molecule has 1 heterocycles. The topological polar surface area (TPSA) is 69.5 Å². The van der Waals surface area contributed by atoms with Crippen LogP contribution in [0.2, 0.25) is 0 Å². The Labute approximate surface area is 148 Å². The maximum absolute atomic E-state index is 11.6. The van der Waals surface area contributed by atoms with E-state index >= 15 is 0 Å². The predicted octanol–water partition coefficient (Wildman–Crippen LogP) is 4.14. The average molecular weight is 411 g/mol. The van der Waals surface area contributed by atoms with E-state index in [0.29, 0.717) is 0 Å². The van der Waals surface area contributed by atoms with Gasteiger partial charge in [0.25, 0.3) is 5.78 Å². The van der Waals surface area contributed by atoms with Gasteiger partial charge in [0.2, 0.25) is 0 Å². The first-order valence-corrected chi connectivity index (χ1v) is 7.62. The molecule has 0 spiro atoms. The van der Waals surface area contributed by atoms with Gasteiger partial charge in [0, 0.05) is 0 Å². The van der Waals surface area contributed by atoms with Crippen molar-refractivity contribution < 1.29 is 4.79 Å². The molecule has 4 nitrogen and oxygen atoms in total. The number of rotatable bonds is 5. The highest BCUT2D eigenvalue weighted by Gasteiger charge is 2.20. The number of carbonyl (C=O) groups excluding carboxylic acids is 1. The second-order valence-electron chi connectivity index (χ2n) is 5.08. The van der Waals surface area contributed by atoms with E-state index in [9.17, 15) is 4.79 Å². The van der Waals surface area contributed by atoms with Gasteiger partial charge >= 0.3 is 0 Å². The third kappa shape index (κ3) is 2.89. The van der Waals surface area contributed by atoms with Gasteiger partial charge < -0.3 is 4.98 Å². The van der Waals surface area contributed by atoms with Crippen molar-refractivity contribution in [2.45, 2.75) is 53.4 Å². The summed E-state index contributed by atoms with van der Waals surface area (Å²) in [5, 5.41) is 8.81. The largest absolute Gasteiger partial charge is 0.334 e. The Bertz CT molecular complexity index is 692. The van der Waals surface area contributed by atoms with Crippen molar-refractivity contribution >= 4 is 40.8 Å². The molecule has 0 atom stereocenters. The van der Waals surface area contributed by atoms with E-state index in [1.807, 2.05) is 0 Å². The Kier molecular flexibility index (Phi) is 6.54. The molecular weight excluding hydrogens is 389 g/mol. The number of H-pyrrole nitrogens is 1. The number of benzene rings is 1. The zero-order chi connectivity index (χ0) is 15.6. The Morgan fingerprint density at radius 2 is 1.50 bits per heavy atom. The number of imidazole rings is 1. The average Bonchev–Trinajstić information content (AvgIpc) is 2.95. The summed E-state index contributed by atoms with van der Waals surface area (Å²) in [5.74, 6) is -0.446. The first-order valence-electron chi connectivity index (χ1n) is 7.62. The van der Waals surface area contributed by atoms with Crippen LogP contribution < -0.4 is 0 Å². The number of aromatic nitrogens is 2. The Morgan fingerprint density at radius 3 is 1.95 bits per heavy atom. The zero-order valence-corrected chi connectivity index (χ0v) is 15.9. The Morgan fingerprint density at radius 1 is 1.00 bits per heavy atom. The van der Waals surface area contributed by atoms with Gasteiger partial charge in [-0.1, -0.05) is 27.7 Å². The van der Waals surface area contributed by atoms with E-state index in [1.165, 1.54) is 22.3 Å². The molecule has 1 N–H and O–H groups in total. The number of Topliss-reactive ketones (excluding diaryl/α,β-unsaturated/α-hetero) is 1. The van der Waals surface area contributed by atoms with Crippen LogP contribution in [0.4, 0.5) is 0 Å². The standard InChI is InChI=1S/C17H21N3O.HI/c1-5-10-11(6-2)13(8-4)16-15(12(10)7-3)19-17(20-16)14(21)9-18;/h5-8H2,1-4H3,(H,19,20);1H. The van der Waals surface area contributed by atoms with Gasteiger partial charge in [-0.05, 0) is 47.9 Å². The summed E-state index contributed by atoms with van der Waals surface area (Å²) in [6.45, 7) is 8.55. The summed E-state index contributed by atoms with van der Waals surface area (Å²) in [6, 6.07) is 1.64. The van der Waals surface area contributed by atoms with Crippen molar-refractivity contribution in [3.8, 4) is 6.07 Å². The first kappa shape index (κ1) is 18.6. The van der Waals surface area contributed by atoms with Crippen LogP contribution in [0, 0.1) is 11.3 Å². The molecule has 5 heteroatoms. The number of aromatic amines is 1. The fourth-order valence-electron chi connectivity index (χ4n) is 3.25. The fourth-order valence-corrected chi connectivity index (χ4v) is 3.25. The van der Waals surface area contributed by atoms with Gasteiger partial charge in [-0.25, -0.2) is 4.98 Å². The van der Waals surface area contributed by atoms with Gasteiger partial charge in [0.1, 0.15) is 6.07 Å². The molecule has 0 saturated carbocycles. The van der Waals surface area contributed by atoms with E-state index in [4.69, 9.17) is 5.26 Å². The lowest BCUT2D eigenvalue weighted by Gasteiger charge is -2.17. The summed E-state index contributed by atoms with van der Waals surface area (Å²) in [6.07, 6.45) is 3.69. The fraction of sp³-hybridized carbons (Fsp3) is 0.471. The normalized spacial score (nSPS) is 10.3. The van der Waals surface area contributed by atoms with Crippen LogP contribution in [0.1, 0.15) is 60.6 Å². The van der Waals surface area contributed by atoms with Crippen molar-refractivity contribution in [3.63, 3.8) is 0 Å². The lowest BCUT2D eigenvalue weighted by molar-refractivity contribution is 0.104. The summed E-state index contributed by atoms with van der Waals surface area (Å²) in [7, 11) is 0. The molecular formula is C17H22IN3O. The summed E-state index contributed by atoms with van der Waals surface area (Å²) in [5.41, 5.74) is 6.94. The van der Waals surface area contributed by atoms with Crippen LogP contribution in [0.25, 0.3) is 11.0 Å². The van der Waals surface area contributed by atoms with Crippen LogP contribution in [-0.4, -0.2) is 15.8 Å². The molecule has 0 aliphatic rings. The summed E-state index contributed by atoms with van der Waals surface area (Å²) < 4.78 is 0. The van der Waals surface area contributed by atoms with Crippen molar-refractivity contribution in [3.05, 3.63) is 28.1 Å². The van der Waals surface area contributed by atoms with Crippen LogP contribution in [0.3, 0.4) is 0 Å². The maximum atomic E-state index is 11.6. The van der Waals surface area contributed by atoms with Crippen molar-refractivity contribution in [1.82, 2.24) is 9.97 Å². The van der Waals surface area contributed by atoms with Gasteiger partial charge in [0.05, 0.1) is 11.0 Å². The van der Waals surface area contributed by atoms with Gasteiger partial charge in [0.15, 0.2) is 5.82 Å². The minimum Gasteiger partial charge on any atom is -0.334 e. The van der Waals surface area contributed by atoms with Gasteiger partial charge in [-0.3, -0.25) is 4.79 Å². The number of carbonyl (C=O) groups is 1. The molecule has 1 aromatic carbocycles. The van der Waals surface area contributed by atoms with Crippen molar-refractivity contribution in [2.75, 3.05) is 0 Å². The molecule has 0 bridgehead atoms. The molecule has 0 radical (unpaired) electrons. The summed E-state index contributed by atoms with van der Waals surface area (Å²) in [4.78, 5) is 19.1.